The van der Waals surface area contributed by atoms with Gasteiger partial charge in [-0.3, -0.25) is 0 Å². The second kappa shape index (κ2) is 7.39. The molecule has 4 rings (SSSR count). The van der Waals surface area contributed by atoms with Crippen molar-refractivity contribution in [3.63, 3.8) is 0 Å². The van der Waals surface area contributed by atoms with Crippen LogP contribution in [0, 0.1) is 0 Å². The Morgan fingerprint density at radius 1 is 1.22 bits per heavy atom. The third kappa shape index (κ3) is 3.69. The van der Waals surface area contributed by atoms with Gasteiger partial charge in [0.25, 0.3) is 10.0 Å². The summed E-state index contributed by atoms with van der Waals surface area (Å²) in [7, 11) is -2.21. The van der Waals surface area contributed by atoms with Gasteiger partial charge in [0.15, 0.2) is 0 Å². The van der Waals surface area contributed by atoms with Gasteiger partial charge >= 0.3 is 0 Å². The first-order valence-corrected chi connectivity index (χ1v) is 11.5. The Hall–Kier alpha value is -1.67. The predicted molar refractivity (Wildman–Crippen MR) is 108 cm³/mol. The van der Waals surface area contributed by atoms with Gasteiger partial charge in [-0.1, -0.05) is 35.9 Å². The van der Waals surface area contributed by atoms with Gasteiger partial charge in [-0.15, -0.1) is 11.3 Å². The highest BCUT2D eigenvalue weighted by molar-refractivity contribution is 7.89. The maximum absolute atomic E-state index is 13.0. The van der Waals surface area contributed by atoms with Crippen LogP contribution >= 0.6 is 22.9 Å². The quantitative estimate of drug-likeness (QED) is 0.675. The van der Waals surface area contributed by atoms with Crippen molar-refractivity contribution in [2.24, 2.45) is 7.05 Å². The van der Waals surface area contributed by atoms with Crippen molar-refractivity contribution < 1.29 is 8.42 Å². The minimum absolute atomic E-state index is 0.0953. The van der Waals surface area contributed by atoms with E-state index in [1.54, 1.807) is 7.05 Å². The summed E-state index contributed by atoms with van der Waals surface area (Å²) in [6.45, 7) is 0. The summed E-state index contributed by atoms with van der Waals surface area (Å²) in [4.78, 5) is 4.90. The number of aryl methyl sites for hydroxylation is 3. The lowest BCUT2D eigenvalue weighted by atomic mass is 9.89. The minimum atomic E-state index is -3.87. The molecule has 3 aromatic rings. The smallest absolute Gasteiger partial charge is 0.262 e. The molecule has 1 aliphatic rings. The van der Waals surface area contributed by atoms with Gasteiger partial charge in [0, 0.05) is 11.9 Å². The standard InChI is InChI=1S/C19H20ClN3O2S2/c1-23-12-21-19(18(23)20)27(24,25)22-17(16-7-4-10-26-16)15-9-8-13-5-2-3-6-14(13)11-15/h4,7-12,17,22H,2-3,5-6H2,1H3/t17-/m1/s1. The molecule has 0 fully saturated rings. The molecule has 0 aliphatic heterocycles. The number of nitrogens with one attached hydrogen (secondary N) is 1. The second-order valence-corrected chi connectivity index (χ2v) is 9.72. The SMILES string of the molecule is Cn1cnc(S(=O)(=O)N[C@H](c2ccc3c(c2)CCCC3)c2cccs2)c1Cl. The number of hydrogen-bond acceptors (Lipinski definition) is 4. The van der Waals surface area contributed by atoms with Crippen LogP contribution in [0.15, 0.2) is 47.1 Å². The van der Waals surface area contributed by atoms with Crippen LogP contribution in [0.25, 0.3) is 0 Å². The molecule has 142 valence electrons. The molecule has 0 unspecified atom stereocenters. The number of rotatable bonds is 5. The predicted octanol–water partition coefficient (Wildman–Crippen LogP) is 4.08. The number of sulfonamides is 1. The zero-order valence-corrected chi connectivity index (χ0v) is 17.2. The number of halogens is 1. The number of hydrogen-bond donors (Lipinski definition) is 1. The van der Waals surface area contributed by atoms with Crippen molar-refractivity contribution in [2.45, 2.75) is 36.8 Å². The highest BCUT2D eigenvalue weighted by Gasteiger charge is 2.28. The van der Waals surface area contributed by atoms with Crippen LogP contribution in [0.4, 0.5) is 0 Å². The van der Waals surface area contributed by atoms with E-state index in [9.17, 15) is 8.42 Å². The van der Waals surface area contributed by atoms with E-state index in [1.807, 2.05) is 23.6 Å². The summed E-state index contributed by atoms with van der Waals surface area (Å²) >= 11 is 7.65. The van der Waals surface area contributed by atoms with Crippen LogP contribution < -0.4 is 4.72 Å². The van der Waals surface area contributed by atoms with Crippen molar-refractivity contribution in [1.29, 1.82) is 0 Å². The molecule has 1 aliphatic carbocycles. The zero-order chi connectivity index (χ0) is 19.0. The first-order chi connectivity index (χ1) is 13.0. The lowest BCUT2D eigenvalue weighted by Gasteiger charge is -2.21. The molecule has 0 amide bonds. The van der Waals surface area contributed by atoms with Crippen LogP contribution in [-0.4, -0.2) is 18.0 Å². The van der Waals surface area contributed by atoms with Crippen molar-refractivity contribution in [2.75, 3.05) is 0 Å². The molecule has 0 saturated carbocycles. The largest absolute Gasteiger partial charge is 0.324 e. The van der Waals surface area contributed by atoms with Crippen LogP contribution in [0.1, 0.15) is 40.5 Å². The Morgan fingerprint density at radius 2 is 2.00 bits per heavy atom. The van der Waals surface area contributed by atoms with E-state index in [0.29, 0.717) is 0 Å². The van der Waals surface area contributed by atoms with E-state index in [4.69, 9.17) is 11.6 Å². The highest BCUT2D eigenvalue weighted by Crippen LogP contribution is 2.32. The summed E-state index contributed by atoms with van der Waals surface area (Å²) in [6, 6.07) is 9.69. The van der Waals surface area contributed by atoms with Gasteiger partial charge in [-0.05, 0) is 53.8 Å². The molecule has 1 N–H and O–H groups in total. The lowest BCUT2D eigenvalue weighted by molar-refractivity contribution is 0.569. The maximum Gasteiger partial charge on any atom is 0.262 e. The highest BCUT2D eigenvalue weighted by atomic mass is 35.5. The summed E-state index contributed by atoms with van der Waals surface area (Å²) in [5, 5.41) is 1.90. The lowest BCUT2D eigenvalue weighted by Crippen LogP contribution is -2.29. The number of nitrogens with zero attached hydrogens (tertiary/aromatic N) is 2. The third-order valence-electron chi connectivity index (χ3n) is 4.90. The van der Waals surface area contributed by atoms with E-state index in [0.717, 1.165) is 23.3 Å². The van der Waals surface area contributed by atoms with Crippen LogP contribution in [0.3, 0.4) is 0 Å². The van der Waals surface area contributed by atoms with Crippen molar-refractivity contribution in [1.82, 2.24) is 14.3 Å². The Balaban J connectivity index is 1.74. The summed E-state index contributed by atoms with van der Waals surface area (Å²) in [5.41, 5.74) is 3.62. The van der Waals surface area contributed by atoms with Crippen molar-refractivity contribution in [3.8, 4) is 0 Å². The monoisotopic (exact) mass is 421 g/mol. The Kier molecular flexibility index (Phi) is 5.11. The van der Waals surface area contributed by atoms with Crippen LogP contribution in [0.2, 0.25) is 5.15 Å². The molecule has 8 heteroatoms. The van der Waals surface area contributed by atoms with Gasteiger partial charge in [0.05, 0.1) is 12.4 Å². The number of imidazole rings is 1. The van der Waals surface area contributed by atoms with Crippen molar-refractivity contribution in [3.05, 3.63) is 68.8 Å². The number of benzene rings is 1. The summed E-state index contributed by atoms with van der Waals surface area (Å²) < 4.78 is 30.2. The first-order valence-electron chi connectivity index (χ1n) is 8.80. The summed E-state index contributed by atoms with van der Waals surface area (Å²) in [6.07, 6.45) is 5.92. The molecule has 0 spiro atoms. The average molecular weight is 422 g/mol. The van der Waals surface area contributed by atoms with Crippen molar-refractivity contribution >= 4 is 33.0 Å². The molecule has 2 aromatic heterocycles. The molecule has 2 heterocycles. The Labute approximate surface area is 168 Å². The van der Waals surface area contributed by atoms with Gasteiger partial charge in [-0.2, -0.15) is 4.72 Å². The maximum atomic E-state index is 13.0. The Morgan fingerprint density at radius 3 is 2.67 bits per heavy atom. The molecule has 0 saturated heterocycles. The molecule has 1 aromatic carbocycles. The topological polar surface area (TPSA) is 64.0 Å². The van der Waals surface area contributed by atoms with E-state index in [-0.39, 0.29) is 10.2 Å². The first kappa shape index (κ1) is 18.7. The Bertz CT molecular complexity index is 1060. The summed E-state index contributed by atoms with van der Waals surface area (Å²) in [5.74, 6) is 0. The molecule has 0 bridgehead atoms. The van der Waals surface area contributed by atoms with E-state index >= 15 is 0 Å². The van der Waals surface area contributed by atoms with Gasteiger partial charge < -0.3 is 4.57 Å². The fraction of sp³-hybridized carbons (Fsp3) is 0.316. The van der Waals surface area contributed by atoms with Crippen LogP contribution in [0.5, 0.6) is 0 Å². The minimum Gasteiger partial charge on any atom is -0.324 e. The van der Waals surface area contributed by atoms with E-state index in [1.165, 1.54) is 46.2 Å². The van der Waals surface area contributed by atoms with Gasteiger partial charge in [-0.25, -0.2) is 13.4 Å². The van der Waals surface area contributed by atoms with E-state index < -0.39 is 16.1 Å². The molecule has 1 atom stereocenters. The van der Waals surface area contributed by atoms with Crippen LogP contribution in [-0.2, 0) is 29.9 Å². The second-order valence-electron chi connectivity index (χ2n) is 6.76. The number of aromatic nitrogens is 2. The van der Waals surface area contributed by atoms with Gasteiger partial charge in [0.1, 0.15) is 5.15 Å². The van der Waals surface area contributed by atoms with Gasteiger partial charge in [0.2, 0.25) is 5.03 Å². The number of thiophene rings is 1. The molecular formula is C19H20ClN3O2S2. The van der Waals surface area contributed by atoms with E-state index in [2.05, 4.69) is 21.8 Å². The normalized spacial score (nSPS) is 15.5. The zero-order valence-electron chi connectivity index (χ0n) is 14.9. The molecule has 0 radical (unpaired) electrons. The fourth-order valence-corrected chi connectivity index (χ4v) is 5.97. The average Bonchev–Trinajstić information content (AvgIpc) is 3.30. The molecular weight excluding hydrogens is 402 g/mol. The third-order valence-corrected chi connectivity index (χ3v) is 7.74. The fourth-order valence-electron chi connectivity index (χ4n) is 3.46. The molecule has 27 heavy (non-hydrogen) atoms. The number of fused-ring (bicyclic) bond motifs is 1. The molecule has 5 nitrogen and oxygen atoms in total.